The second-order valence-corrected chi connectivity index (χ2v) is 5.95. The first kappa shape index (κ1) is 23.2. The molecule has 1 amide bonds. The van der Waals surface area contributed by atoms with Crippen molar-refractivity contribution in [3.05, 3.63) is 75.8 Å². The van der Waals surface area contributed by atoms with Crippen LogP contribution in [0.5, 0.6) is 0 Å². The standard InChI is InChI=1S/C20H15F3N2O6/c1-30-17(26)19(20(21,22)23,12-11-15-9-5-6-10-16(15)25(28)29)24-18(27)31-13-14-7-3-2-4-8-14/h2-10H,13H2,1H3,(H,24,27). The van der Waals surface area contributed by atoms with Crippen LogP contribution in [0, 0.1) is 22.0 Å². The number of alkyl carbamates (subject to hydrolysis) is 1. The van der Waals surface area contributed by atoms with Gasteiger partial charge < -0.3 is 9.47 Å². The number of benzene rings is 2. The number of esters is 1. The minimum atomic E-state index is -5.44. The summed E-state index contributed by atoms with van der Waals surface area (Å²) in [7, 11) is 0.673. The van der Waals surface area contributed by atoms with Gasteiger partial charge in [0.05, 0.1) is 12.0 Å². The number of carbonyl (C=O) groups excluding carboxylic acids is 2. The predicted molar refractivity (Wildman–Crippen MR) is 101 cm³/mol. The van der Waals surface area contributed by atoms with Crippen LogP contribution in [0.25, 0.3) is 0 Å². The molecule has 1 atom stereocenters. The summed E-state index contributed by atoms with van der Waals surface area (Å²) in [5.74, 6) is 1.61. The number of hydrogen-bond donors (Lipinski definition) is 1. The van der Waals surface area contributed by atoms with Crippen LogP contribution < -0.4 is 5.32 Å². The third kappa shape index (κ3) is 5.51. The fraction of sp³-hybridized carbons (Fsp3) is 0.200. The monoisotopic (exact) mass is 436 g/mol. The van der Waals surface area contributed by atoms with Crippen molar-refractivity contribution < 1.29 is 37.2 Å². The maximum atomic E-state index is 13.9. The van der Waals surface area contributed by atoms with E-state index in [1.807, 2.05) is 5.92 Å². The first-order valence-corrected chi connectivity index (χ1v) is 8.51. The molecule has 8 nitrogen and oxygen atoms in total. The molecule has 0 aromatic heterocycles. The molecule has 0 aliphatic carbocycles. The Bertz CT molecular complexity index is 1030. The molecule has 0 aliphatic heterocycles. The number of hydrogen-bond acceptors (Lipinski definition) is 6. The summed E-state index contributed by atoms with van der Waals surface area (Å²) in [6.45, 7) is -0.376. The molecule has 0 fully saturated rings. The quantitative estimate of drug-likeness (QED) is 0.333. The molecular formula is C20H15F3N2O6. The molecule has 1 unspecified atom stereocenters. The van der Waals surface area contributed by atoms with E-state index in [-0.39, 0.29) is 6.61 Å². The van der Waals surface area contributed by atoms with Crippen molar-refractivity contribution in [2.45, 2.75) is 18.3 Å². The Morgan fingerprint density at radius 1 is 1.10 bits per heavy atom. The average Bonchev–Trinajstić information content (AvgIpc) is 2.74. The molecule has 0 saturated carbocycles. The first-order chi connectivity index (χ1) is 14.6. The SMILES string of the molecule is COC(=O)C(C#Cc1ccccc1[N+](=O)[O-])(NC(=O)OCc1ccccc1)C(F)(F)F. The van der Waals surface area contributed by atoms with Crippen LogP contribution in [0.15, 0.2) is 54.6 Å². The van der Waals surface area contributed by atoms with E-state index in [1.54, 1.807) is 36.3 Å². The molecule has 2 aromatic carbocycles. The number of halogens is 3. The highest BCUT2D eigenvalue weighted by Gasteiger charge is 2.63. The molecule has 1 N–H and O–H groups in total. The van der Waals surface area contributed by atoms with Gasteiger partial charge in [-0.3, -0.25) is 15.4 Å². The van der Waals surface area contributed by atoms with Gasteiger partial charge in [0.15, 0.2) is 0 Å². The van der Waals surface area contributed by atoms with E-state index in [0.717, 1.165) is 12.1 Å². The largest absolute Gasteiger partial charge is 0.466 e. The van der Waals surface area contributed by atoms with Gasteiger partial charge in [0.25, 0.3) is 11.2 Å². The number of ether oxygens (including phenoxy) is 2. The van der Waals surface area contributed by atoms with Gasteiger partial charge in [0, 0.05) is 6.07 Å². The fourth-order valence-electron chi connectivity index (χ4n) is 2.36. The van der Waals surface area contributed by atoms with Crippen molar-refractivity contribution in [2.24, 2.45) is 0 Å². The summed E-state index contributed by atoms with van der Waals surface area (Å²) >= 11 is 0. The summed E-state index contributed by atoms with van der Waals surface area (Å²) in [6, 6.07) is 12.8. The summed E-state index contributed by atoms with van der Waals surface area (Å²) in [6.07, 6.45) is -7.04. The lowest BCUT2D eigenvalue weighted by atomic mass is 9.98. The van der Waals surface area contributed by atoms with E-state index in [4.69, 9.17) is 4.74 Å². The van der Waals surface area contributed by atoms with Crippen LogP contribution in [-0.4, -0.2) is 35.8 Å². The number of nitro benzene ring substituents is 1. The Morgan fingerprint density at radius 3 is 2.29 bits per heavy atom. The van der Waals surface area contributed by atoms with Crippen molar-refractivity contribution >= 4 is 17.7 Å². The lowest BCUT2D eigenvalue weighted by Crippen LogP contribution is -2.63. The zero-order valence-electron chi connectivity index (χ0n) is 15.9. The smallest absolute Gasteiger partial charge is 0.434 e. The Hall–Kier alpha value is -4.07. The first-order valence-electron chi connectivity index (χ1n) is 8.51. The Labute approximate surface area is 174 Å². The van der Waals surface area contributed by atoms with Crippen LogP contribution in [0.1, 0.15) is 11.1 Å². The second kappa shape index (κ2) is 9.62. The van der Waals surface area contributed by atoms with Crippen molar-refractivity contribution in [3.8, 4) is 11.8 Å². The molecule has 0 radical (unpaired) electrons. The lowest BCUT2D eigenvalue weighted by Gasteiger charge is -2.28. The van der Waals surface area contributed by atoms with E-state index in [1.165, 1.54) is 17.4 Å². The van der Waals surface area contributed by atoms with E-state index in [0.29, 0.717) is 12.7 Å². The molecule has 11 heteroatoms. The number of carbonyl (C=O) groups is 2. The molecule has 0 heterocycles. The minimum absolute atomic E-state index is 0.376. The molecule has 2 aromatic rings. The van der Waals surface area contributed by atoms with Gasteiger partial charge in [0.2, 0.25) is 0 Å². The second-order valence-electron chi connectivity index (χ2n) is 5.95. The van der Waals surface area contributed by atoms with E-state index in [2.05, 4.69) is 4.74 Å². The molecule has 2 rings (SSSR count). The summed E-state index contributed by atoms with van der Waals surface area (Å²) in [5.41, 5.74) is -4.31. The predicted octanol–water partition coefficient (Wildman–Crippen LogP) is 3.35. The highest BCUT2D eigenvalue weighted by molar-refractivity contribution is 5.91. The summed E-state index contributed by atoms with van der Waals surface area (Å²) in [5, 5.41) is 12.5. The highest BCUT2D eigenvalue weighted by atomic mass is 19.4. The Balaban J connectivity index is 2.42. The van der Waals surface area contributed by atoms with Crippen molar-refractivity contribution in [3.63, 3.8) is 0 Å². The molecule has 0 saturated heterocycles. The molecule has 0 bridgehead atoms. The van der Waals surface area contributed by atoms with E-state index < -0.39 is 40.0 Å². The maximum Gasteiger partial charge on any atom is 0.434 e. The fourth-order valence-corrected chi connectivity index (χ4v) is 2.36. The Morgan fingerprint density at radius 2 is 1.71 bits per heavy atom. The number of amides is 1. The normalized spacial score (nSPS) is 12.5. The number of rotatable bonds is 5. The van der Waals surface area contributed by atoms with Gasteiger partial charge in [-0.2, -0.15) is 13.2 Å². The Kier molecular flexibility index (Phi) is 7.20. The molecular weight excluding hydrogens is 421 g/mol. The number of nitro groups is 1. The van der Waals surface area contributed by atoms with Crippen molar-refractivity contribution in [2.75, 3.05) is 7.11 Å². The van der Waals surface area contributed by atoms with Gasteiger partial charge in [0.1, 0.15) is 12.2 Å². The van der Waals surface area contributed by atoms with Crippen molar-refractivity contribution in [1.82, 2.24) is 5.32 Å². The number of nitrogens with zero attached hydrogens (tertiary/aromatic N) is 1. The number of para-hydroxylation sites is 1. The topological polar surface area (TPSA) is 108 Å². The zero-order valence-corrected chi connectivity index (χ0v) is 15.9. The van der Waals surface area contributed by atoms with Gasteiger partial charge in [-0.15, -0.1) is 0 Å². The molecule has 31 heavy (non-hydrogen) atoms. The number of methoxy groups -OCH3 is 1. The summed E-state index contributed by atoms with van der Waals surface area (Å²) < 4.78 is 50.6. The molecule has 0 aliphatic rings. The molecule has 162 valence electrons. The highest BCUT2D eigenvalue weighted by Crippen LogP contribution is 2.32. The third-order valence-corrected chi connectivity index (χ3v) is 3.90. The van der Waals surface area contributed by atoms with Gasteiger partial charge in [-0.25, -0.2) is 9.59 Å². The van der Waals surface area contributed by atoms with Crippen LogP contribution in [0.3, 0.4) is 0 Å². The van der Waals surface area contributed by atoms with Crippen LogP contribution in [0.4, 0.5) is 23.7 Å². The summed E-state index contributed by atoms with van der Waals surface area (Å²) in [4.78, 5) is 34.4. The van der Waals surface area contributed by atoms with Gasteiger partial charge >= 0.3 is 18.2 Å². The van der Waals surface area contributed by atoms with E-state index in [9.17, 15) is 32.9 Å². The average molecular weight is 436 g/mol. The van der Waals surface area contributed by atoms with Crippen LogP contribution in [0.2, 0.25) is 0 Å². The van der Waals surface area contributed by atoms with Crippen molar-refractivity contribution in [1.29, 1.82) is 0 Å². The minimum Gasteiger partial charge on any atom is -0.466 e. The van der Waals surface area contributed by atoms with Crippen LogP contribution in [-0.2, 0) is 20.9 Å². The van der Waals surface area contributed by atoms with Gasteiger partial charge in [-0.1, -0.05) is 48.4 Å². The van der Waals surface area contributed by atoms with E-state index >= 15 is 0 Å². The molecule has 0 spiro atoms. The maximum absolute atomic E-state index is 13.9. The number of nitrogens with one attached hydrogen (secondary N) is 1. The number of alkyl halides is 3. The lowest BCUT2D eigenvalue weighted by molar-refractivity contribution is -0.385. The van der Waals surface area contributed by atoms with Gasteiger partial charge in [-0.05, 0) is 17.6 Å². The zero-order chi connectivity index (χ0) is 23.1. The van der Waals surface area contributed by atoms with Crippen LogP contribution >= 0.6 is 0 Å². The third-order valence-electron chi connectivity index (χ3n) is 3.90.